The lowest BCUT2D eigenvalue weighted by Crippen LogP contribution is -2.06. The highest BCUT2D eigenvalue weighted by Crippen LogP contribution is 2.42. The summed E-state index contributed by atoms with van der Waals surface area (Å²) in [6.45, 7) is 6.56. The van der Waals surface area contributed by atoms with Crippen LogP contribution in [0.25, 0.3) is 11.3 Å². The van der Waals surface area contributed by atoms with Crippen molar-refractivity contribution < 1.29 is 0 Å². The second-order valence-corrected chi connectivity index (χ2v) is 5.97. The smallest absolute Gasteiger partial charge is 0.132 e. The van der Waals surface area contributed by atoms with Crippen molar-refractivity contribution in [2.75, 3.05) is 5.73 Å². The van der Waals surface area contributed by atoms with Gasteiger partial charge in [0.2, 0.25) is 0 Å². The summed E-state index contributed by atoms with van der Waals surface area (Å²) in [5, 5.41) is 0. The number of nitrogens with two attached hydrogens (primary N) is 1. The lowest BCUT2D eigenvalue weighted by Gasteiger charge is -2.10. The van der Waals surface area contributed by atoms with E-state index in [1.54, 1.807) is 0 Å². The number of hydrogen-bond donors (Lipinski definition) is 1. The summed E-state index contributed by atoms with van der Waals surface area (Å²) in [6, 6.07) is 9.03. The van der Waals surface area contributed by atoms with Gasteiger partial charge in [-0.15, -0.1) is 0 Å². The van der Waals surface area contributed by atoms with Gasteiger partial charge in [0.05, 0.1) is 0 Å². The van der Waals surface area contributed by atoms with Crippen LogP contribution >= 0.6 is 0 Å². The van der Waals surface area contributed by atoms with Crippen LogP contribution < -0.4 is 5.73 Å². The van der Waals surface area contributed by atoms with Crippen molar-refractivity contribution in [3.05, 3.63) is 35.7 Å². The maximum atomic E-state index is 6.44. The largest absolute Gasteiger partial charge is 0.383 e. The van der Waals surface area contributed by atoms with Gasteiger partial charge in [-0.3, -0.25) is 0 Å². The van der Waals surface area contributed by atoms with E-state index in [1.807, 2.05) is 0 Å². The topological polar surface area (TPSA) is 43.8 Å². The fraction of sp³-hybridized carbons (Fsp3) is 0.471. The molecule has 0 unspecified atom stereocenters. The molecule has 0 bridgehead atoms. The fourth-order valence-electron chi connectivity index (χ4n) is 2.84. The minimum absolute atomic E-state index is 0.403. The third kappa shape index (κ3) is 2.11. The van der Waals surface area contributed by atoms with Crippen LogP contribution in [-0.2, 0) is 6.42 Å². The predicted molar refractivity (Wildman–Crippen MR) is 83.8 cm³/mol. The quantitative estimate of drug-likeness (QED) is 0.906. The Balaban J connectivity index is 2.17. The van der Waals surface area contributed by atoms with Gasteiger partial charge < -0.3 is 10.3 Å². The number of anilines is 1. The third-order valence-corrected chi connectivity index (χ3v) is 4.06. The van der Waals surface area contributed by atoms with Gasteiger partial charge in [-0.05, 0) is 24.8 Å². The first-order chi connectivity index (χ1) is 9.63. The molecule has 0 saturated heterocycles. The Morgan fingerprint density at radius 3 is 2.60 bits per heavy atom. The fourth-order valence-corrected chi connectivity index (χ4v) is 2.84. The Labute approximate surface area is 120 Å². The molecule has 3 heteroatoms. The van der Waals surface area contributed by atoms with Crippen LogP contribution in [0.5, 0.6) is 0 Å². The number of imidazole rings is 1. The molecule has 2 N–H and O–H groups in total. The Bertz CT molecular complexity index is 621. The minimum atomic E-state index is 0.403. The lowest BCUT2D eigenvalue weighted by atomic mass is 10.0. The van der Waals surface area contributed by atoms with E-state index in [0.29, 0.717) is 12.0 Å². The van der Waals surface area contributed by atoms with Crippen molar-refractivity contribution in [1.29, 1.82) is 0 Å². The summed E-state index contributed by atoms with van der Waals surface area (Å²) in [5.74, 6) is 2.38. The molecule has 1 aromatic carbocycles. The maximum Gasteiger partial charge on any atom is 0.132 e. The van der Waals surface area contributed by atoms with Crippen molar-refractivity contribution in [3.8, 4) is 11.3 Å². The molecular formula is C17H23N3. The second kappa shape index (κ2) is 4.97. The molecule has 1 fully saturated rings. The molecule has 1 aliphatic rings. The van der Waals surface area contributed by atoms with Crippen molar-refractivity contribution in [2.45, 2.75) is 52.0 Å². The summed E-state index contributed by atoms with van der Waals surface area (Å²) >= 11 is 0. The van der Waals surface area contributed by atoms with Gasteiger partial charge in [-0.25, -0.2) is 4.98 Å². The molecule has 3 nitrogen and oxygen atoms in total. The normalized spacial score (nSPS) is 15.0. The van der Waals surface area contributed by atoms with E-state index in [0.717, 1.165) is 23.8 Å². The molecule has 1 heterocycles. The van der Waals surface area contributed by atoms with Crippen molar-refractivity contribution >= 4 is 5.82 Å². The van der Waals surface area contributed by atoms with Crippen LogP contribution in [0.3, 0.4) is 0 Å². The molecule has 0 spiro atoms. The highest BCUT2D eigenvalue weighted by Gasteiger charge is 2.31. The van der Waals surface area contributed by atoms with Crippen molar-refractivity contribution in [2.24, 2.45) is 0 Å². The van der Waals surface area contributed by atoms with E-state index < -0.39 is 0 Å². The predicted octanol–water partition coefficient (Wildman–Crippen LogP) is 4.15. The zero-order valence-electron chi connectivity index (χ0n) is 12.6. The zero-order chi connectivity index (χ0) is 14.3. The first-order valence-corrected chi connectivity index (χ1v) is 7.59. The number of aromatic nitrogens is 2. The number of nitrogen functional groups attached to an aromatic ring is 1. The van der Waals surface area contributed by atoms with Gasteiger partial charge in [0.25, 0.3) is 0 Å². The van der Waals surface area contributed by atoms with Crippen molar-refractivity contribution in [3.63, 3.8) is 0 Å². The van der Waals surface area contributed by atoms with Gasteiger partial charge in [-0.2, -0.15) is 0 Å². The first kappa shape index (κ1) is 13.2. The summed E-state index contributed by atoms with van der Waals surface area (Å²) in [7, 11) is 0. The Hall–Kier alpha value is -1.77. The lowest BCUT2D eigenvalue weighted by molar-refractivity contribution is 0.646. The Kier molecular flexibility index (Phi) is 3.28. The van der Waals surface area contributed by atoms with Gasteiger partial charge in [0, 0.05) is 17.5 Å². The Morgan fingerprint density at radius 1 is 1.30 bits per heavy atom. The van der Waals surface area contributed by atoms with Crippen LogP contribution in [0.15, 0.2) is 24.3 Å². The molecule has 1 aliphatic carbocycles. The van der Waals surface area contributed by atoms with Gasteiger partial charge in [-0.1, -0.05) is 45.0 Å². The highest BCUT2D eigenvalue weighted by atomic mass is 15.2. The standard InChI is InChI=1S/C17H23N3/c1-4-12-7-5-6-8-14(12)15-16(18)20(13-9-10-13)17(19-15)11(2)3/h5-8,11,13H,4,9-10,18H2,1-3H3. The zero-order valence-corrected chi connectivity index (χ0v) is 12.6. The van der Waals surface area contributed by atoms with E-state index in [4.69, 9.17) is 10.7 Å². The SMILES string of the molecule is CCc1ccccc1-c1nc(C(C)C)n(C2CC2)c1N. The van der Waals surface area contributed by atoms with Gasteiger partial charge in [0.15, 0.2) is 0 Å². The number of rotatable bonds is 4. The molecule has 106 valence electrons. The molecule has 0 radical (unpaired) electrons. The summed E-state index contributed by atoms with van der Waals surface area (Å²) in [6.07, 6.45) is 3.47. The molecule has 3 rings (SSSR count). The van der Waals surface area contributed by atoms with Crippen LogP contribution in [-0.4, -0.2) is 9.55 Å². The van der Waals surface area contributed by atoms with E-state index >= 15 is 0 Å². The average molecular weight is 269 g/mol. The maximum absolute atomic E-state index is 6.44. The summed E-state index contributed by atoms with van der Waals surface area (Å²) < 4.78 is 2.27. The van der Waals surface area contributed by atoms with E-state index in [9.17, 15) is 0 Å². The molecular weight excluding hydrogens is 246 g/mol. The molecule has 1 aromatic heterocycles. The number of nitrogens with zero attached hydrogens (tertiary/aromatic N) is 2. The summed E-state index contributed by atoms with van der Waals surface area (Å²) in [4.78, 5) is 4.89. The molecule has 0 amide bonds. The monoisotopic (exact) mass is 269 g/mol. The number of benzene rings is 1. The molecule has 1 saturated carbocycles. The Morgan fingerprint density at radius 2 is 2.00 bits per heavy atom. The molecule has 2 aromatic rings. The van der Waals surface area contributed by atoms with Gasteiger partial charge >= 0.3 is 0 Å². The highest BCUT2D eigenvalue weighted by molar-refractivity contribution is 5.74. The molecule has 0 aliphatic heterocycles. The van der Waals surface area contributed by atoms with Crippen LogP contribution in [0.2, 0.25) is 0 Å². The second-order valence-electron chi connectivity index (χ2n) is 5.97. The van der Waals surface area contributed by atoms with E-state index in [-0.39, 0.29) is 0 Å². The van der Waals surface area contributed by atoms with Crippen LogP contribution in [0, 0.1) is 0 Å². The number of hydrogen-bond acceptors (Lipinski definition) is 2. The van der Waals surface area contributed by atoms with E-state index in [2.05, 4.69) is 49.6 Å². The molecule has 0 atom stereocenters. The average Bonchev–Trinajstić information content (AvgIpc) is 3.22. The van der Waals surface area contributed by atoms with E-state index in [1.165, 1.54) is 24.0 Å². The third-order valence-electron chi connectivity index (χ3n) is 4.06. The van der Waals surface area contributed by atoms with Crippen molar-refractivity contribution in [1.82, 2.24) is 9.55 Å². The van der Waals surface area contributed by atoms with Crippen LogP contribution in [0.1, 0.15) is 57.0 Å². The molecule has 20 heavy (non-hydrogen) atoms. The van der Waals surface area contributed by atoms with Gasteiger partial charge in [0.1, 0.15) is 17.3 Å². The van der Waals surface area contributed by atoms with Crippen LogP contribution in [0.4, 0.5) is 5.82 Å². The first-order valence-electron chi connectivity index (χ1n) is 7.59. The summed E-state index contributed by atoms with van der Waals surface area (Å²) in [5.41, 5.74) is 9.91. The minimum Gasteiger partial charge on any atom is -0.383 e. The number of aryl methyl sites for hydroxylation is 1.